The van der Waals surface area contributed by atoms with Gasteiger partial charge in [0.1, 0.15) is 29.8 Å². The molecule has 10 heteroatoms. The molecule has 5 rings (SSSR count). The summed E-state index contributed by atoms with van der Waals surface area (Å²) in [5, 5.41) is 15.7. The molecule has 2 heterocycles. The third kappa shape index (κ3) is 4.93. The Morgan fingerprint density at radius 3 is 2.77 bits per heavy atom. The molecule has 0 bridgehead atoms. The summed E-state index contributed by atoms with van der Waals surface area (Å²) in [4.78, 5) is 21.4. The Morgan fingerprint density at radius 2 is 2.08 bits per heavy atom. The van der Waals surface area contributed by atoms with Gasteiger partial charge in [0.15, 0.2) is 0 Å². The summed E-state index contributed by atoms with van der Waals surface area (Å²) >= 11 is 0. The minimum atomic E-state index is -3.70. The second-order valence-electron chi connectivity index (χ2n) is 10.1. The highest BCUT2D eigenvalue weighted by molar-refractivity contribution is 5.97. The zero-order chi connectivity index (χ0) is 27.9. The predicted octanol–water partition coefficient (Wildman–Crippen LogP) is 5.20. The van der Waals surface area contributed by atoms with E-state index in [2.05, 4.69) is 21.7 Å². The van der Waals surface area contributed by atoms with Gasteiger partial charge in [0, 0.05) is 41.5 Å². The summed E-state index contributed by atoms with van der Waals surface area (Å²) in [7, 11) is 1.64. The fourth-order valence-electron chi connectivity index (χ4n) is 5.48. The first-order chi connectivity index (χ1) is 18.6. The number of allylic oxidation sites excluding steroid dienone is 2. The maximum atomic E-state index is 15.2. The zero-order valence-corrected chi connectivity index (χ0v) is 22.1. The molecular weight excluding hydrogens is 509 g/mol. The number of nitrogens with one attached hydrogen (secondary N) is 2. The quantitative estimate of drug-likeness (QED) is 0.381. The van der Waals surface area contributed by atoms with Gasteiger partial charge in [-0.15, -0.1) is 0 Å². The SMILES string of the molecule is CNC(=O)C1CC=C(c2cc3c(N[C@H](C)c4cccc(C(F)(F)CO)c4F)nc(C)nc3c3c2OCC3)CC1. The van der Waals surface area contributed by atoms with Crippen molar-refractivity contribution in [1.82, 2.24) is 15.3 Å². The van der Waals surface area contributed by atoms with Crippen molar-refractivity contribution in [2.45, 2.75) is 51.5 Å². The normalized spacial score (nSPS) is 17.8. The molecule has 2 atom stereocenters. The molecule has 0 spiro atoms. The van der Waals surface area contributed by atoms with Crippen LogP contribution >= 0.6 is 0 Å². The first-order valence-electron chi connectivity index (χ1n) is 13.1. The summed E-state index contributed by atoms with van der Waals surface area (Å²) < 4.78 is 49.5. The van der Waals surface area contributed by atoms with Crippen LogP contribution in [0.15, 0.2) is 30.3 Å². The fraction of sp³-hybridized carbons (Fsp3) is 0.414. The summed E-state index contributed by atoms with van der Waals surface area (Å²) in [5.74, 6) is -3.06. The molecule has 206 valence electrons. The van der Waals surface area contributed by atoms with Crippen molar-refractivity contribution in [2.75, 3.05) is 25.6 Å². The highest BCUT2D eigenvalue weighted by atomic mass is 19.3. The van der Waals surface area contributed by atoms with Crippen molar-refractivity contribution in [3.05, 3.63) is 64.2 Å². The van der Waals surface area contributed by atoms with E-state index in [1.807, 2.05) is 6.07 Å². The highest BCUT2D eigenvalue weighted by Crippen LogP contribution is 2.44. The lowest BCUT2D eigenvalue weighted by atomic mass is 9.85. The topological polar surface area (TPSA) is 96.4 Å². The second-order valence-corrected chi connectivity index (χ2v) is 10.1. The number of alkyl halides is 2. The standard InChI is InChI=1S/C29H31F3N4O3/c1-15(19-5-4-6-23(24(19)30)29(31,32)14-37)34-27-22-13-21(17-7-9-18(10-8-17)28(38)33-3)26-20(11-12-39-26)25(22)35-16(2)36-27/h4-7,13,15,18,37H,8-12,14H2,1-3H3,(H,33,38)(H,34,35,36)/t15-,18?/m1/s1. The first-order valence-corrected chi connectivity index (χ1v) is 13.1. The molecule has 3 aromatic rings. The molecule has 39 heavy (non-hydrogen) atoms. The molecule has 0 radical (unpaired) electrons. The Morgan fingerprint density at radius 1 is 1.28 bits per heavy atom. The Hall–Kier alpha value is -3.66. The fourth-order valence-corrected chi connectivity index (χ4v) is 5.48. The average molecular weight is 541 g/mol. The Kier molecular flexibility index (Phi) is 7.24. The number of nitrogens with zero attached hydrogens (tertiary/aromatic N) is 2. The Balaban J connectivity index is 1.56. The number of amides is 1. The van der Waals surface area contributed by atoms with E-state index >= 15 is 4.39 Å². The number of hydrogen-bond donors (Lipinski definition) is 3. The summed E-state index contributed by atoms with van der Waals surface area (Å²) in [5.41, 5.74) is 2.88. The lowest BCUT2D eigenvalue weighted by molar-refractivity contribution is -0.124. The highest BCUT2D eigenvalue weighted by Gasteiger charge is 2.35. The molecule has 1 amide bonds. The van der Waals surface area contributed by atoms with Gasteiger partial charge in [-0.1, -0.05) is 18.2 Å². The lowest BCUT2D eigenvalue weighted by Gasteiger charge is -2.23. The van der Waals surface area contributed by atoms with Crippen molar-refractivity contribution in [3.8, 4) is 5.75 Å². The molecule has 0 fully saturated rings. The van der Waals surface area contributed by atoms with Crippen LogP contribution in [0.2, 0.25) is 0 Å². The summed E-state index contributed by atoms with van der Waals surface area (Å²) in [6, 6.07) is 5.02. The van der Waals surface area contributed by atoms with E-state index in [0.717, 1.165) is 45.8 Å². The van der Waals surface area contributed by atoms with Crippen molar-refractivity contribution in [3.63, 3.8) is 0 Å². The van der Waals surface area contributed by atoms with E-state index in [1.54, 1.807) is 20.9 Å². The molecule has 1 aliphatic heterocycles. The van der Waals surface area contributed by atoms with Gasteiger partial charge in [-0.3, -0.25) is 4.79 Å². The number of carbonyl (C=O) groups excluding carboxylic acids is 1. The molecule has 0 saturated carbocycles. The number of carbonyl (C=O) groups is 1. The minimum Gasteiger partial charge on any atom is -0.492 e. The van der Waals surface area contributed by atoms with Gasteiger partial charge in [-0.2, -0.15) is 8.78 Å². The molecule has 2 aromatic carbocycles. The lowest BCUT2D eigenvalue weighted by Crippen LogP contribution is -2.28. The number of anilines is 1. The van der Waals surface area contributed by atoms with Crippen LogP contribution in [-0.4, -0.2) is 41.2 Å². The largest absolute Gasteiger partial charge is 0.492 e. The number of aliphatic hydroxyl groups excluding tert-OH is 1. The summed E-state index contributed by atoms with van der Waals surface area (Å²) in [6.07, 6.45) is 4.81. The van der Waals surface area contributed by atoms with E-state index in [-0.39, 0.29) is 17.4 Å². The molecule has 0 saturated heterocycles. The number of aryl methyl sites for hydroxylation is 1. The van der Waals surface area contributed by atoms with Gasteiger partial charge in [0.25, 0.3) is 5.92 Å². The molecule has 1 aliphatic carbocycles. The van der Waals surface area contributed by atoms with Gasteiger partial charge in [-0.25, -0.2) is 14.4 Å². The zero-order valence-electron chi connectivity index (χ0n) is 22.1. The summed E-state index contributed by atoms with van der Waals surface area (Å²) in [6.45, 7) is 2.47. The number of benzene rings is 2. The average Bonchev–Trinajstić information content (AvgIpc) is 3.43. The van der Waals surface area contributed by atoms with Gasteiger partial charge in [-0.05, 0) is 50.8 Å². The number of ether oxygens (including phenoxy) is 1. The van der Waals surface area contributed by atoms with Crippen LogP contribution in [0.5, 0.6) is 5.75 Å². The molecule has 2 aliphatic rings. The maximum absolute atomic E-state index is 15.2. The van der Waals surface area contributed by atoms with Crippen LogP contribution in [0.25, 0.3) is 16.5 Å². The van der Waals surface area contributed by atoms with Crippen LogP contribution < -0.4 is 15.4 Å². The molecule has 1 aromatic heterocycles. The van der Waals surface area contributed by atoms with E-state index < -0.39 is 30.0 Å². The molecule has 7 nitrogen and oxygen atoms in total. The van der Waals surface area contributed by atoms with E-state index in [1.165, 1.54) is 12.1 Å². The third-order valence-corrected chi connectivity index (χ3v) is 7.56. The van der Waals surface area contributed by atoms with E-state index in [9.17, 15) is 13.6 Å². The Labute approximate surface area is 224 Å². The maximum Gasteiger partial charge on any atom is 0.298 e. The minimum absolute atomic E-state index is 0.0303. The van der Waals surface area contributed by atoms with Gasteiger partial charge in [0.2, 0.25) is 5.91 Å². The number of rotatable bonds is 7. The van der Waals surface area contributed by atoms with Crippen LogP contribution in [0.1, 0.15) is 60.3 Å². The first kappa shape index (κ1) is 26.9. The number of aliphatic hydroxyl groups is 1. The second kappa shape index (κ2) is 10.5. The van der Waals surface area contributed by atoms with E-state index in [0.29, 0.717) is 37.5 Å². The smallest absolute Gasteiger partial charge is 0.298 e. The van der Waals surface area contributed by atoms with Crippen molar-refractivity contribution < 1.29 is 27.8 Å². The van der Waals surface area contributed by atoms with Crippen LogP contribution in [-0.2, 0) is 17.1 Å². The van der Waals surface area contributed by atoms with Gasteiger partial charge in [0.05, 0.1) is 23.7 Å². The van der Waals surface area contributed by atoms with Crippen LogP contribution in [0.4, 0.5) is 19.0 Å². The Bertz CT molecular complexity index is 1470. The van der Waals surface area contributed by atoms with Gasteiger partial charge < -0.3 is 20.5 Å². The van der Waals surface area contributed by atoms with Crippen molar-refractivity contribution in [1.29, 1.82) is 0 Å². The third-order valence-electron chi connectivity index (χ3n) is 7.56. The van der Waals surface area contributed by atoms with E-state index in [4.69, 9.17) is 14.8 Å². The number of fused-ring (bicyclic) bond motifs is 3. The van der Waals surface area contributed by atoms with Gasteiger partial charge >= 0.3 is 0 Å². The van der Waals surface area contributed by atoms with Crippen LogP contribution in [0.3, 0.4) is 0 Å². The molecule has 1 unspecified atom stereocenters. The molecular formula is C29H31F3N4O3. The van der Waals surface area contributed by atoms with Crippen molar-refractivity contribution >= 4 is 28.2 Å². The molecule has 3 N–H and O–H groups in total. The number of aromatic nitrogens is 2. The monoisotopic (exact) mass is 540 g/mol. The van der Waals surface area contributed by atoms with Crippen LogP contribution in [0, 0.1) is 18.7 Å². The van der Waals surface area contributed by atoms with Crippen molar-refractivity contribution in [2.24, 2.45) is 5.92 Å². The number of hydrogen-bond acceptors (Lipinski definition) is 6. The predicted molar refractivity (Wildman–Crippen MR) is 142 cm³/mol. The number of halogens is 3.